The van der Waals surface area contributed by atoms with Crippen LogP contribution in [0.5, 0.6) is 17.2 Å². The molecule has 0 aliphatic carbocycles. The summed E-state index contributed by atoms with van der Waals surface area (Å²) in [4.78, 5) is 14.9. The normalized spacial score (nSPS) is 11.5. The van der Waals surface area contributed by atoms with Gasteiger partial charge in [0.1, 0.15) is 33.8 Å². The Kier molecular flexibility index (Phi) is 7.70. The first-order valence-corrected chi connectivity index (χ1v) is 11.8. The molecule has 6 heteroatoms. The number of unbranched alkanes of at least 4 members (excludes halogenated alkanes) is 4. The molecule has 1 heterocycles. The number of hydrogen-bond donors (Lipinski definition) is 2. The van der Waals surface area contributed by atoms with Crippen molar-refractivity contribution < 1.29 is 19.4 Å². The lowest BCUT2D eigenvalue weighted by atomic mass is 10.1. The minimum Gasteiger partial charge on any atom is -0.508 e. The van der Waals surface area contributed by atoms with E-state index in [1.807, 2.05) is 24.3 Å². The highest BCUT2D eigenvalue weighted by Crippen LogP contribution is 2.30. The van der Waals surface area contributed by atoms with Crippen molar-refractivity contribution in [3.8, 4) is 17.2 Å². The maximum absolute atomic E-state index is 12.7. The maximum atomic E-state index is 12.7. The second-order valence-electron chi connectivity index (χ2n) is 8.77. The van der Waals surface area contributed by atoms with Crippen LogP contribution in [-0.2, 0) is 6.54 Å². The van der Waals surface area contributed by atoms with E-state index < -0.39 is 0 Å². The highest BCUT2D eigenvalue weighted by Gasteiger charge is 2.13. The lowest BCUT2D eigenvalue weighted by Crippen LogP contribution is -2.18. The van der Waals surface area contributed by atoms with Crippen LogP contribution in [0.3, 0.4) is 0 Å². The molecule has 0 bridgehead atoms. The van der Waals surface area contributed by atoms with Gasteiger partial charge in [0.15, 0.2) is 0 Å². The van der Waals surface area contributed by atoms with Crippen molar-refractivity contribution >= 4 is 21.9 Å². The second kappa shape index (κ2) is 11.1. The molecule has 6 nitrogen and oxygen atoms in total. The molecule has 4 aromatic rings. The van der Waals surface area contributed by atoms with Crippen LogP contribution in [0, 0.1) is 0 Å². The van der Waals surface area contributed by atoms with Crippen LogP contribution < -0.4 is 10.2 Å². The number of benzene rings is 3. The summed E-state index contributed by atoms with van der Waals surface area (Å²) < 4.78 is 11.6. The first-order valence-electron chi connectivity index (χ1n) is 11.8. The van der Waals surface area contributed by atoms with E-state index in [4.69, 9.17) is 9.15 Å². The number of para-hydroxylation sites is 1. The van der Waals surface area contributed by atoms with Gasteiger partial charge in [-0.3, -0.25) is 4.79 Å². The van der Waals surface area contributed by atoms with E-state index in [1.54, 1.807) is 30.3 Å². The van der Waals surface area contributed by atoms with Crippen molar-refractivity contribution in [2.24, 2.45) is 0 Å². The number of rotatable bonds is 11. The average Bonchev–Trinajstić information content (AvgIpc) is 2.80. The van der Waals surface area contributed by atoms with Crippen molar-refractivity contribution in [1.29, 1.82) is 0 Å². The zero-order valence-electron chi connectivity index (χ0n) is 19.5. The van der Waals surface area contributed by atoms with Gasteiger partial charge < -0.3 is 24.3 Å². The zero-order chi connectivity index (χ0) is 23.9. The van der Waals surface area contributed by atoms with E-state index >= 15 is 0 Å². The number of phenols is 2. The summed E-state index contributed by atoms with van der Waals surface area (Å²) in [5, 5.41) is 20.6. The molecule has 0 aliphatic rings. The van der Waals surface area contributed by atoms with Crippen LogP contribution in [-0.4, -0.2) is 35.3 Å². The quantitative estimate of drug-likeness (QED) is 0.216. The van der Waals surface area contributed by atoms with E-state index in [1.165, 1.54) is 6.07 Å². The Labute approximate surface area is 199 Å². The molecular weight excluding hydrogens is 430 g/mol. The number of ether oxygens (including phenoxy) is 1. The van der Waals surface area contributed by atoms with Crippen LogP contribution in [0.4, 0.5) is 0 Å². The molecular formula is C28H31NO5. The molecule has 178 valence electrons. The molecule has 2 N–H and O–H groups in total. The first-order chi connectivity index (χ1) is 16.5. The number of phenolic OH excluding ortho intramolecular Hbond substituents is 2. The zero-order valence-corrected chi connectivity index (χ0v) is 19.5. The Hall–Kier alpha value is -3.51. The van der Waals surface area contributed by atoms with Crippen LogP contribution in [0.2, 0.25) is 0 Å². The first kappa shape index (κ1) is 23.6. The van der Waals surface area contributed by atoms with Crippen LogP contribution in [0.25, 0.3) is 21.9 Å². The predicted octanol–water partition coefficient (Wildman–Crippen LogP) is 5.82. The minimum absolute atomic E-state index is 0.123. The van der Waals surface area contributed by atoms with E-state index in [2.05, 4.69) is 11.9 Å². The summed E-state index contributed by atoms with van der Waals surface area (Å²) in [7, 11) is 2.10. The highest BCUT2D eigenvalue weighted by molar-refractivity contribution is 5.93. The molecule has 0 radical (unpaired) electrons. The SMILES string of the molecule is CN(CCCCCCCOc1cc(O)c2c(=O)c3ccccc3oc2c1)Cc1cccc(O)c1. The Balaban J connectivity index is 1.19. The molecule has 0 saturated heterocycles. The fourth-order valence-corrected chi connectivity index (χ4v) is 4.21. The summed E-state index contributed by atoms with van der Waals surface area (Å²) >= 11 is 0. The van der Waals surface area contributed by atoms with Gasteiger partial charge in [0.05, 0.1) is 12.0 Å². The van der Waals surface area contributed by atoms with Crippen molar-refractivity contribution in [2.75, 3.05) is 20.2 Å². The summed E-state index contributed by atoms with van der Waals surface area (Å²) in [5.41, 5.74) is 1.69. The molecule has 0 saturated carbocycles. The van der Waals surface area contributed by atoms with Crippen molar-refractivity contribution in [1.82, 2.24) is 4.90 Å². The molecule has 4 rings (SSSR count). The third kappa shape index (κ3) is 5.88. The predicted molar refractivity (Wildman–Crippen MR) is 135 cm³/mol. The van der Waals surface area contributed by atoms with Crippen molar-refractivity contribution in [3.05, 3.63) is 76.5 Å². The highest BCUT2D eigenvalue weighted by atomic mass is 16.5. The smallest absolute Gasteiger partial charge is 0.204 e. The van der Waals surface area contributed by atoms with Crippen LogP contribution in [0.1, 0.15) is 37.7 Å². The number of aromatic hydroxyl groups is 2. The maximum Gasteiger partial charge on any atom is 0.204 e. The Bertz CT molecular complexity index is 1310. The van der Waals surface area contributed by atoms with Gasteiger partial charge in [-0.1, -0.05) is 43.5 Å². The standard InChI is InChI=1S/C28H31NO5/c1-29(19-20-10-9-11-21(30)16-20)14-7-3-2-4-8-15-33-22-17-24(31)27-26(18-22)34-25-13-6-5-12-23(25)28(27)32/h5-6,9-13,16-18,30-31H,2-4,7-8,14-15,19H2,1H3. The van der Waals surface area contributed by atoms with Gasteiger partial charge >= 0.3 is 0 Å². The minimum atomic E-state index is -0.242. The molecule has 3 aromatic carbocycles. The Morgan fingerprint density at radius 2 is 1.68 bits per heavy atom. The van der Waals surface area contributed by atoms with Crippen LogP contribution in [0.15, 0.2) is 69.9 Å². The topological polar surface area (TPSA) is 83.1 Å². The number of hydrogen-bond acceptors (Lipinski definition) is 6. The molecule has 0 aliphatic heterocycles. The molecule has 0 spiro atoms. The van der Waals surface area contributed by atoms with Crippen molar-refractivity contribution in [3.63, 3.8) is 0 Å². The van der Waals surface area contributed by atoms with Gasteiger partial charge in [0, 0.05) is 18.7 Å². The average molecular weight is 462 g/mol. The lowest BCUT2D eigenvalue weighted by Gasteiger charge is -2.16. The molecule has 34 heavy (non-hydrogen) atoms. The van der Waals surface area contributed by atoms with Gasteiger partial charge in [-0.05, 0) is 56.3 Å². The molecule has 0 unspecified atom stereocenters. The monoisotopic (exact) mass is 461 g/mol. The van der Waals surface area contributed by atoms with Crippen molar-refractivity contribution in [2.45, 2.75) is 38.6 Å². The summed E-state index contributed by atoms with van der Waals surface area (Å²) in [6.45, 7) is 2.39. The summed E-state index contributed by atoms with van der Waals surface area (Å²) in [5.74, 6) is 0.684. The largest absolute Gasteiger partial charge is 0.508 e. The van der Waals surface area contributed by atoms with E-state index in [0.717, 1.165) is 50.8 Å². The molecule has 1 aromatic heterocycles. The van der Waals surface area contributed by atoms with Gasteiger partial charge in [0.25, 0.3) is 0 Å². The van der Waals surface area contributed by atoms with Gasteiger partial charge in [-0.2, -0.15) is 0 Å². The van der Waals surface area contributed by atoms with Gasteiger partial charge in [-0.25, -0.2) is 0 Å². The third-order valence-electron chi connectivity index (χ3n) is 5.95. The Morgan fingerprint density at radius 3 is 2.53 bits per heavy atom. The van der Waals surface area contributed by atoms with Crippen LogP contribution >= 0.6 is 0 Å². The van der Waals surface area contributed by atoms with E-state index in [9.17, 15) is 15.0 Å². The molecule has 0 amide bonds. The Morgan fingerprint density at radius 1 is 0.882 bits per heavy atom. The number of fused-ring (bicyclic) bond motifs is 2. The second-order valence-corrected chi connectivity index (χ2v) is 8.77. The lowest BCUT2D eigenvalue weighted by molar-refractivity contribution is 0.297. The van der Waals surface area contributed by atoms with E-state index in [-0.39, 0.29) is 16.6 Å². The fraction of sp³-hybridized carbons (Fsp3) is 0.321. The number of nitrogens with zero attached hydrogens (tertiary/aromatic N) is 1. The summed E-state index contributed by atoms with van der Waals surface area (Å²) in [6.07, 6.45) is 5.39. The third-order valence-corrected chi connectivity index (χ3v) is 5.95. The molecule has 0 fully saturated rings. The summed E-state index contributed by atoms with van der Waals surface area (Å²) in [6, 6.07) is 17.6. The van der Waals surface area contributed by atoms with E-state index in [0.29, 0.717) is 34.7 Å². The molecule has 0 atom stereocenters. The fourth-order valence-electron chi connectivity index (χ4n) is 4.21. The van der Waals surface area contributed by atoms with Gasteiger partial charge in [-0.15, -0.1) is 0 Å². The van der Waals surface area contributed by atoms with Gasteiger partial charge in [0.2, 0.25) is 5.43 Å².